The summed E-state index contributed by atoms with van der Waals surface area (Å²) in [7, 11) is 0. The van der Waals surface area contributed by atoms with Crippen LogP contribution in [0.15, 0.2) is 18.2 Å². The van der Waals surface area contributed by atoms with Crippen LogP contribution in [0.25, 0.3) is 0 Å². The second kappa shape index (κ2) is 3.74. The highest BCUT2D eigenvalue weighted by Gasteiger charge is 2.34. The van der Waals surface area contributed by atoms with Gasteiger partial charge in [-0.05, 0) is 23.6 Å². The van der Waals surface area contributed by atoms with Crippen molar-refractivity contribution in [3.05, 3.63) is 29.6 Å². The van der Waals surface area contributed by atoms with E-state index in [0.29, 0.717) is 0 Å². The molecular formula is C13H18FNO. The quantitative estimate of drug-likeness (QED) is 0.733. The van der Waals surface area contributed by atoms with Gasteiger partial charge in [-0.25, -0.2) is 4.39 Å². The van der Waals surface area contributed by atoms with E-state index >= 15 is 0 Å². The summed E-state index contributed by atoms with van der Waals surface area (Å²) in [4.78, 5) is 0. The topological polar surface area (TPSA) is 35.2 Å². The molecule has 1 aliphatic heterocycles. The van der Waals surface area contributed by atoms with Gasteiger partial charge in [-0.15, -0.1) is 0 Å². The summed E-state index contributed by atoms with van der Waals surface area (Å²) in [6, 6.07) is 4.42. The number of benzene rings is 1. The predicted octanol–water partition coefficient (Wildman–Crippen LogP) is 3.02. The van der Waals surface area contributed by atoms with E-state index < -0.39 is 0 Å². The summed E-state index contributed by atoms with van der Waals surface area (Å²) in [5, 5.41) is 0. The molecule has 2 N–H and O–H groups in total. The fourth-order valence-electron chi connectivity index (χ4n) is 2.01. The molecule has 88 valence electrons. The SMILES string of the molecule is CC(C)(C)C1CC(N)c2cc(F)ccc2O1. The van der Waals surface area contributed by atoms with E-state index in [1.807, 2.05) is 0 Å². The summed E-state index contributed by atoms with van der Waals surface area (Å²) in [5.41, 5.74) is 6.88. The zero-order valence-corrected chi connectivity index (χ0v) is 9.96. The van der Waals surface area contributed by atoms with Gasteiger partial charge in [0.2, 0.25) is 0 Å². The second-order valence-electron chi connectivity index (χ2n) is 5.50. The number of halogens is 1. The molecule has 0 bridgehead atoms. The first-order valence-corrected chi connectivity index (χ1v) is 5.59. The third-order valence-electron chi connectivity index (χ3n) is 3.07. The van der Waals surface area contributed by atoms with Gasteiger partial charge in [-0.3, -0.25) is 0 Å². The van der Waals surface area contributed by atoms with Gasteiger partial charge < -0.3 is 10.5 Å². The van der Waals surface area contributed by atoms with Crippen molar-refractivity contribution in [3.63, 3.8) is 0 Å². The average Bonchev–Trinajstić information content (AvgIpc) is 2.17. The second-order valence-corrected chi connectivity index (χ2v) is 5.50. The molecule has 1 aromatic rings. The number of rotatable bonds is 0. The van der Waals surface area contributed by atoms with E-state index in [1.165, 1.54) is 12.1 Å². The van der Waals surface area contributed by atoms with Crippen LogP contribution >= 0.6 is 0 Å². The van der Waals surface area contributed by atoms with E-state index in [0.717, 1.165) is 17.7 Å². The highest BCUT2D eigenvalue weighted by molar-refractivity contribution is 5.38. The van der Waals surface area contributed by atoms with Crippen molar-refractivity contribution in [1.82, 2.24) is 0 Å². The molecule has 1 heterocycles. The van der Waals surface area contributed by atoms with Crippen LogP contribution in [0.4, 0.5) is 4.39 Å². The Hall–Kier alpha value is -1.09. The molecule has 0 amide bonds. The fraction of sp³-hybridized carbons (Fsp3) is 0.538. The molecule has 1 aromatic carbocycles. The Morgan fingerprint density at radius 2 is 2.06 bits per heavy atom. The predicted molar refractivity (Wildman–Crippen MR) is 61.8 cm³/mol. The van der Waals surface area contributed by atoms with Crippen molar-refractivity contribution in [2.24, 2.45) is 11.1 Å². The van der Waals surface area contributed by atoms with Gasteiger partial charge in [0, 0.05) is 18.0 Å². The highest BCUT2D eigenvalue weighted by Crippen LogP contribution is 2.39. The molecule has 1 aliphatic rings. The molecule has 2 nitrogen and oxygen atoms in total. The Bertz CT molecular complexity index is 397. The van der Waals surface area contributed by atoms with Gasteiger partial charge in [-0.2, -0.15) is 0 Å². The monoisotopic (exact) mass is 223 g/mol. The highest BCUT2D eigenvalue weighted by atomic mass is 19.1. The lowest BCUT2D eigenvalue weighted by Gasteiger charge is -2.37. The van der Waals surface area contributed by atoms with Crippen molar-refractivity contribution in [2.45, 2.75) is 39.3 Å². The van der Waals surface area contributed by atoms with Crippen LogP contribution in [0, 0.1) is 11.2 Å². The number of ether oxygens (including phenoxy) is 1. The maximum Gasteiger partial charge on any atom is 0.124 e. The van der Waals surface area contributed by atoms with E-state index in [9.17, 15) is 4.39 Å². The molecule has 0 radical (unpaired) electrons. The smallest absolute Gasteiger partial charge is 0.124 e. The Balaban J connectivity index is 2.34. The third-order valence-corrected chi connectivity index (χ3v) is 3.07. The summed E-state index contributed by atoms with van der Waals surface area (Å²) in [6.45, 7) is 6.37. The third kappa shape index (κ3) is 2.05. The molecule has 2 atom stereocenters. The van der Waals surface area contributed by atoms with Crippen molar-refractivity contribution < 1.29 is 9.13 Å². The van der Waals surface area contributed by atoms with E-state index in [4.69, 9.17) is 10.5 Å². The molecular weight excluding hydrogens is 205 g/mol. The Morgan fingerprint density at radius 1 is 1.38 bits per heavy atom. The zero-order chi connectivity index (χ0) is 11.9. The van der Waals surface area contributed by atoms with Crippen molar-refractivity contribution in [3.8, 4) is 5.75 Å². The summed E-state index contributed by atoms with van der Waals surface area (Å²) in [6.07, 6.45) is 0.820. The number of nitrogens with two attached hydrogens (primary N) is 1. The molecule has 2 unspecified atom stereocenters. The summed E-state index contributed by atoms with van der Waals surface area (Å²) < 4.78 is 19.0. The molecule has 0 aliphatic carbocycles. The van der Waals surface area contributed by atoms with Crippen LogP contribution in [-0.4, -0.2) is 6.10 Å². The maximum absolute atomic E-state index is 13.1. The van der Waals surface area contributed by atoms with E-state index in [2.05, 4.69) is 20.8 Å². The van der Waals surface area contributed by atoms with Crippen LogP contribution in [-0.2, 0) is 0 Å². The lowest BCUT2D eigenvalue weighted by Crippen LogP contribution is -2.38. The summed E-state index contributed by atoms with van der Waals surface area (Å²) in [5.74, 6) is 0.465. The van der Waals surface area contributed by atoms with Gasteiger partial charge in [0.25, 0.3) is 0 Å². The number of hydrogen-bond acceptors (Lipinski definition) is 2. The minimum Gasteiger partial charge on any atom is -0.489 e. The first-order chi connectivity index (χ1) is 7.38. The van der Waals surface area contributed by atoms with Crippen LogP contribution in [0.1, 0.15) is 38.8 Å². The molecule has 3 heteroatoms. The zero-order valence-electron chi connectivity index (χ0n) is 9.96. The standard InChI is InChI=1S/C13H18FNO/c1-13(2,3)12-7-10(15)9-6-8(14)4-5-11(9)16-12/h4-6,10,12H,7,15H2,1-3H3. The lowest BCUT2D eigenvalue weighted by atomic mass is 9.82. The molecule has 0 fully saturated rings. The van der Waals surface area contributed by atoms with Crippen LogP contribution in [0.3, 0.4) is 0 Å². The fourth-order valence-corrected chi connectivity index (χ4v) is 2.01. The van der Waals surface area contributed by atoms with Crippen molar-refractivity contribution in [1.29, 1.82) is 0 Å². The molecule has 16 heavy (non-hydrogen) atoms. The molecule has 0 spiro atoms. The number of hydrogen-bond donors (Lipinski definition) is 1. The maximum atomic E-state index is 13.1. The molecule has 0 saturated carbocycles. The van der Waals surface area contributed by atoms with Gasteiger partial charge in [-0.1, -0.05) is 20.8 Å². The summed E-state index contributed by atoms with van der Waals surface area (Å²) >= 11 is 0. The van der Waals surface area contributed by atoms with Crippen LogP contribution < -0.4 is 10.5 Å². The Labute approximate surface area is 95.6 Å². The van der Waals surface area contributed by atoms with E-state index in [1.54, 1.807) is 6.07 Å². The number of fused-ring (bicyclic) bond motifs is 1. The normalized spacial score (nSPS) is 24.8. The largest absolute Gasteiger partial charge is 0.489 e. The first-order valence-electron chi connectivity index (χ1n) is 5.59. The molecule has 0 saturated heterocycles. The molecule has 2 rings (SSSR count). The van der Waals surface area contributed by atoms with Gasteiger partial charge >= 0.3 is 0 Å². The van der Waals surface area contributed by atoms with Gasteiger partial charge in [0.15, 0.2) is 0 Å². The lowest BCUT2D eigenvalue weighted by molar-refractivity contribution is 0.0579. The van der Waals surface area contributed by atoms with Crippen molar-refractivity contribution >= 4 is 0 Å². The van der Waals surface area contributed by atoms with Crippen LogP contribution in [0.2, 0.25) is 0 Å². The average molecular weight is 223 g/mol. The van der Waals surface area contributed by atoms with E-state index in [-0.39, 0.29) is 23.4 Å². The van der Waals surface area contributed by atoms with Crippen molar-refractivity contribution in [2.75, 3.05) is 0 Å². The van der Waals surface area contributed by atoms with Gasteiger partial charge in [0.1, 0.15) is 17.7 Å². The molecule has 0 aromatic heterocycles. The minimum absolute atomic E-state index is 0.0453. The Morgan fingerprint density at radius 3 is 2.69 bits per heavy atom. The first kappa shape index (κ1) is 11.4. The Kier molecular flexibility index (Phi) is 2.66. The minimum atomic E-state index is -0.257. The van der Waals surface area contributed by atoms with Crippen LogP contribution in [0.5, 0.6) is 5.75 Å². The van der Waals surface area contributed by atoms with Gasteiger partial charge in [0.05, 0.1) is 0 Å².